The van der Waals surface area contributed by atoms with Gasteiger partial charge < -0.3 is 15.2 Å². The second-order valence-corrected chi connectivity index (χ2v) is 3.70. The summed E-state index contributed by atoms with van der Waals surface area (Å²) in [7, 11) is 3.29. The molecule has 90 valence electrons. The van der Waals surface area contributed by atoms with Crippen LogP contribution in [0.1, 0.15) is 5.56 Å². The van der Waals surface area contributed by atoms with Crippen molar-refractivity contribution in [3.63, 3.8) is 0 Å². The molecule has 1 aromatic carbocycles. The van der Waals surface area contributed by atoms with Gasteiger partial charge in [-0.15, -0.1) is 0 Å². The van der Waals surface area contributed by atoms with Gasteiger partial charge in [0.25, 0.3) is 0 Å². The van der Waals surface area contributed by atoms with Crippen LogP contribution in [0.3, 0.4) is 0 Å². The Balaban J connectivity index is 2.46. The number of anilines is 1. The minimum atomic E-state index is 0.530. The number of nitrogens with one attached hydrogen (secondary N) is 1. The number of rotatable bonds is 4. The first-order valence-corrected chi connectivity index (χ1v) is 5.20. The van der Waals surface area contributed by atoms with E-state index < -0.39 is 0 Å². The number of nitrogens with two attached hydrogens (primary N) is 1. The molecule has 0 bridgehead atoms. The van der Waals surface area contributed by atoms with Gasteiger partial charge in [0.15, 0.2) is 0 Å². The Morgan fingerprint density at radius 1 is 1.29 bits per heavy atom. The molecule has 0 fully saturated rings. The summed E-state index contributed by atoms with van der Waals surface area (Å²) in [6, 6.07) is 5.86. The fraction of sp³-hybridized carbons (Fsp3) is 0.250. The summed E-state index contributed by atoms with van der Waals surface area (Å²) in [4.78, 5) is 0. The molecular formula is C12H15N3O2. The number of benzene rings is 1. The molecule has 1 heterocycles. The van der Waals surface area contributed by atoms with Crippen molar-refractivity contribution in [3.05, 3.63) is 30.0 Å². The molecule has 2 rings (SSSR count). The lowest BCUT2D eigenvalue weighted by Crippen LogP contribution is -1.93. The molecule has 17 heavy (non-hydrogen) atoms. The maximum atomic E-state index is 5.80. The summed E-state index contributed by atoms with van der Waals surface area (Å²) < 4.78 is 10.4. The highest BCUT2D eigenvalue weighted by Crippen LogP contribution is 2.29. The number of aromatic amines is 1. The first-order valence-electron chi connectivity index (χ1n) is 5.20. The van der Waals surface area contributed by atoms with E-state index in [0.29, 0.717) is 12.4 Å². The van der Waals surface area contributed by atoms with E-state index in [2.05, 4.69) is 10.2 Å². The Bertz CT molecular complexity index is 508. The lowest BCUT2D eigenvalue weighted by atomic mass is 10.1. The quantitative estimate of drug-likeness (QED) is 0.844. The van der Waals surface area contributed by atoms with Crippen LogP contribution in [0.15, 0.2) is 24.4 Å². The Morgan fingerprint density at radius 3 is 2.71 bits per heavy atom. The molecule has 0 amide bonds. The van der Waals surface area contributed by atoms with E-state index in [1.165, 1.54) is 0 Å². The predicted octanol–water partition coefficient (Wildman–Crippen LogP) is 1.81. The largest absolute Gasteiger partial charge is 0.497 e. The van der Waals surface area contributed by atoms with Crippen LogP contribution in [0.2, 0.25) is 0 Å². The number of H-pyrrole nitrogens is 1. The highest BCUT2D eigenvalue weighted by molar-refractivity contribution is 5.74. The Hall–Kier alpha value is -2.01. The second kappa shape index (κ2) is 4.88. The lowest BCUT2D eigenvalue weighted by Gasteiger charge is -2.08. The summed E-state index contributed by atoms with van der Waals surface area (Å²) in [5, 5.41) is 6.62. The van der Waals surface area contributed by atoms with Crippen molar-refractivity contribution in [1.82, 2.24) is 10.2 Å². The van der Waals surface area contributed by atoms with Gasteiger partial charge in [-0.05, 0) is 29.3 Å². The summed E-state index contributed by atoms with van der Waals surface area (Å²) >= 11 is 0. The van der Waals surface area contributed by atoms with Crippen molar-refractivity contribution in [2.75, 3.05) is 20.0 Å². The molecule has 0 aliphatic carbocycles. The van der Waals surface area contributed by atoms with Gasteiger partial charge in [-0.25, -0.2) is 0 Å². The van der Waals surface area contributed by atoms with E-state index in [1.807, 2.05) is 18.2 Å². The van der Waals surface area contributed by atoms with Crippen molar-refractivity contribution in [3.8, 4) is 16.9 Å². The molecule has 3 N–H and O–H groups in total. The van der Waals surface area contributed by atoms with Gasteiger partial charge in [-0.2, -0.15) is 5.10 Å². The Morgan fingerprint density at radius 2 is 2.12 bits per heavy atom. The zero-order chi connectivity index (χ0) is 12.3. The number of hydrogen-bond donors (Lipinski definition) is 2. The van der Waals surface area contributed by atoms with Crippen LogP contribution in [0.5, 0.6) is 5.75 Å². The van der Waals surface area contributed by atoms with Gasteiger partial charge >= 0.3 is 0 Å². The SMILES string of the molecule is COCc1cc(OC)cc(-c2cn[nH]c2N)c1. The molecule has 5 heteroatoms. The normalized spacial score (nSPS) is 10.5. The average molecular weight is 233 g/mol. The summed E-state index contributed by atoms with van der Waals surface area (Å²) in [6.07, 6.45) is 1.70. The number of hydrogen-bond acceptors (Lipinski definition) is 4. The van der Waals surface area contributed by atoms with Crippen LogP contribution in [-0.2, 0) is 11.3 Å². The highest BCUT2D eigenvalue weighted by Gasteiger charge is 2.08. The molecule has 1 aromatic heterocycles. The van der Waals surface area contributed by atoms with Crippen molar-refractivity contribution < 1.29 is 9.47 Å². The van der Waals surface area contributed by atoms with Gasteiger partial charge in [0.05, 0.1) is 19.9 Å². The van der Waals surface area contributed by atoms with Gasteiger partial charge in [-0.1, -0.05) is 0 Å². The molecule has 0 saturated heterocycles. The summed E-state index contributed by atoms with van der Waals surface area (Å²) in [6.45, 7) is 0.530. The van der Waals surface area contributed by atoms with E-state index in [4.69, 9.17) is 15.2 Å². The van der Waals surface area contributed by atoms with Crippen molar-refractivity contribution in [2.45, 2.75) is 6.61 Å². The summed E-state index contributed by atoms with van der Waals surface area (Å²) in [5.74, 6) is 1.32. The fourth-order valence-electron chi connectivity index (χ4n) is 1.71. The Kier molecular flexibility index (Phi) is 3.30. The topological polar surface area (TPSA) is 73.2 Å². The fourth-order valence-corrected chi connectivity index (χ4v) is 1.71. The molecule has 2 aromatic rings. The van der Waals surface area contributed by atoms with Crippen molar-refractivity contribution >= 4 is 5.82 Å². The van der Waals surface area contributed by atoms with E-state index in [0.717, 1.165) is 22.4 Å². The molecule has 5 nitrogen and oxygen atoms in total. The predicted molar refractivity (Wildman–Crippen MR) is 65.7 cm³/mol. The molecular weight excluding hydrogens is 218 g/mol. The standard InChI is InChI=1S/C12H15N3O2/c1-16-7-8-3-9(5-10(4-8)17-2)11-6-14-15-12(11)13/h3-6H,7H2,1-2H3,(H3,13,14,15). The molecule has 0 unspecified atom stereocenters. The zero-order valence-corrected chi connectivity index (χ0v) is 9.86. The monoisotopic (exact) mass is 233 g/mol. The van der Waals surface area contributed by atoms with Crippen molar-refractivity contribution in [1.29, 1.82) is 0 Å². The van der Waals surface area contributed by atoms with Crippen LogP contribution < -0.4 is 10.5 Å². The van der Waals surface area contributed by atoms with Crippen LogP contribution in [-0.4, -0.2) is 24.4 Å². The van der Waals surface area contributed by atoms with Crippen LogP contribution in [0, 0.1) is 0 Å². The van der Waals surface area contributed by atoms with Gasteiger partial charge in [0, 0.05) is 12.7 Å². The minimum Gasteiger partial charge on any atom is -0.497 e. The minimum absolute atomic E-state index is 0.530. The molecule has 0 radical (unpaired) electrons. The average Bonchev–Trinajstić information content (AvgIpc) is 2.75. The number of nitrogens with zero attached hydrogens (tertiary/aromatic N) is 1. The van der Waals surface area contributed by atoms with Crippen LogP contribution in [0.25, 0.3) is 11.1 Å². The first kappa shape index (κ1) is 11.5. The Labute approximate surface area is 99.5 Å². The highest BCUT2D eigenvalue weighted by atomic mass is 16.5. The number of nitrogen functional groups attached to an aromatic ring is 1. The smallest absolute Gasteiger partial charge is 0.126 e. The summed E-state index contributed by atoms with van der Waals surface area (Å²) in [5.41, 5.74) is 8.65. The third kappa shape index (κ3) is 2.39. The van der Waals surface area contributed by atoms with Crippen LogP contribution in [0.4, 0.5) is 5.82 Å². The maximum Gasteiger partial charge on any atom is 0.126 e. The van der Waals surface area contributed by atoms with Crippen LogP contribution >= 0.6 is 0 Å². The number of ether oxygens (including phenoxy) is 2. The van der Waals surface area contributed by atoms with E-state index in [9.17, 15) is 0 Å². The molecule has 0 spiro atoms. The number of methoxy groups -OCH3 is 2. The second-order valence-electron chi connectivity index (χ2n) is 3.70. The van der Waals surface area contributed by atoms with Gasteiger partial charge in [0.1, 0.15) is 11.6 Å². The number of aromatic nitrogens is 2. The van der Waals surface area contributed by atoms with Gasteiger partial charge in [-0.3, -0.25) is 5.10 Å². The zero-order valence-electron chi connectivity index (χ0n) is 9.86. The van der Waals surface area contributed by atoms with E-state index in [-0.39, 0.29) is 0 Å². The lowest BCUT2D eigenvalue weighted by molar-refractivity contribution is 0.184. The molecule has 0 aliphatic rings. The molecule has 0 aliphatic heterocycles. The first-order chi connectivity index (χ1) is 8.24. The van der Waals surface area contributed by atoms with Crippen molar-refractivity contribution in [2.24, 2.45) is 0 Å². The third-order valence-corrected chi connectivity index (χ3v) is 2.49. The van der Waals surface area contributed by atoms with Gasteiger partial charge in [0.2, 0.25) is 0 Å². The van der Waals surface area contributed by atoms with E-state index >= 15 is 0 Å². The molecule has 0 saturated carbocycles. The molecule has 0 atom stereocenters. The maximum absolute atomic E-state index is 5.80. The third-order valence-electron chi connectivity index (χ3n) is 2.49. The van der Waals surface area contributed by atoms with E-state index in [1.54, 1.807) is 20.4 Å².